The predicted octanol–water partition coefficient (Wildman–Crippen LogP) is 4.16. The second kappa shape index (κ2) is 10.2. The molecule has 9 nitrogen and oxygen atoms in total. The molecule has 4 aliphatic rings. The van der Waals surface area contributed by atoms with Gasteiger partial charge in [-0.05, 0) is 80.0 Å². The lowest BCUT2D eigenvalue weighted by Crippen LogP contribution is -2.53. The van der Waals surface area contributed by atoms with E-state index in [1.807, 2.05) is 23.1 Å². The second-order valence-electron chi connectivity index (χ2n) is 10.6. The summed E-state index contributed by atoms with van der Waals surface area (Å²) >= 11 is 0. The van der Waals surface area contributed by atoms with Crippen molar-refractivity contribution in [2.45, 2.75) is 83.0 Å². The highest BCUT2D eigenvalue weighted by Gasteiger charge is 2.58. The normalized spacial score (nSPS) is 27.6. The molecule has 0 radical (unpaired) electrons. The number of amides is 1. The molecule has 1 saturated heterocycles. The standard InChI is InChI=1S/C26H35N5O4/c1-17(32)35-24(19-2-3-19)26(10-6-23(15-26)28-21-8-12-34-13-9-21)25(33)31-11-7-18-4-5-22(29-30-27)14-20(18)16-31/h4-5,14,19,21,23-24,28H,2-3,6-13,15-16H2,1H3/t23-,24?,26+/m1/s1. The number of nitrogens with zero attached hydrogens (tertiary/aromatic N) is 4. The van der Waals surface area contributed by atoms with Crippen LogP contribution in [0.1, 0.15) is 63.0 Å². The van der Waals surface area contributed by atoms with Crippen LogP contribution in [0.5, 0.6) is 0 Å². The van der Waals surface area contributed by atoms with E-state index in [1.165, 1.54) is 12.5 Å². The number of fused-ring (bicyclic) bond motifs is 1. The van der Waals surface area contributed by atoms with Crippen molar-refractivity contribution in [3.05, 3.63) is 39.8 Å². The fraction of sp³-hybridized carbons (Fsp3) is 0.692. The van der Waals surface area contributed by atoms with Crippen LogP contribution >= 0.6 is 0 Å². The first-order chi connectivity index (χ1) is 17.0. The molecule has 9 heteroatoms. The van der Waals surface area contributed by atoms with Crippen molar-refractivity contribution in [1.82, 2.24) is 10.2 Å². The first-order valence-electron chi connectivity index (χ1n) is 13.0. The average Bonchev–Trinajstić information content (AvgIpc) is 3.62. The van der Waals surface area contributed by atoms with E-state index in [0.717, 1.165) is 63.7 Å². The summed E-state index contributed by atoms with van der Waals surface area (Å²) in [5, 5.41) is 7.53. The molecule has 0 bridgehead atoms. The molecule has 1 N–H and O–H groups in total. The summed E-state index contributed by atoms with van der Waals surface area (Å²) in [7, 11) is 0. The Morgan fingerprint density at radius 1 is 1.20 bits per heavy atom. The quantitative estimate of drug-likeness (QED) is 0.272. The zero-order chi connectivity index (χ0) is 24.4. The van der Waals surface area contributed by atoms with Gasteiger partial charge in [-0.2, -0.15) is 0 Å². The maximum absolute atomic E-state index is 14.3. The topological polar surface area (TPSA) is 117 Å². The Hall–Kier alpha value is -2.61. The van der Waals surface area contributed by atoms with Gasteiger partial charge in [0.1, 0.15) is 6.10 Å². The van der Waals surface area contributed by atoms with E-state index in [2.05, 4.69) is 15.3 Å². The Balaban J connectivity index is 1.39. The van der Waals surface area contributed by atoms with Gasteiger partial charge < -0.3 is 19.7 Å². The molecule has 1 unspecified atom stereocenters. The van der Waals surface area contributed by atoms with E-state index in [1.54, 1.807) is 0 Å². The zero-order valence-corrected chi connectivity index (χ0v) is 20.4. The molecule has 2 aliphatic heterocycles. The number of esters is 1. The Bertz CT molecular complexity index is 1010. The van der Waals surface area contributed by atoms with Crippen LogP contribution in [-0.2, 0) is 32.0 Å². The highest BCUT2D eigenvalue weighted by Crippen LogP contribution is 2.52. The number of ether oxygens (including phenoxy) is 2. The fourth-order valence-corrected chi connectivity index (χ4v) is 6.37. The summed E-state index contributed by atoms with van der Waals surface area (Å²) in [6, 6.07) is 6.34. The average molecular weight is 482 g/mol. The van der Waals surface area contributed by atoms with Crippen molar-refractivity contribution in [3.8, 4) is 0 Å². The Morgan fingerprint density at radius 3 is 2.71 bits per heavy atom. The fourth-order valence-electron chi connectivity index (χ4n) is 6.37. The maximum atomic E-state index is 14.3. The molecular formula is C26H35N5O4. The van der Waals surface area contributed by atoms with Gasteiger partial charge in [-0.3, -0.25) is 9.59 Å². The molecule has 2 aliphatic carbocycles. The lowest BCUT2D eigenvalue weighted by atomic mass is 9.75. The van der Waals surface area contributed by atoms with Crippen molar-refractivity contribution in [2.24, 2.45) is 16.4 Å². The van der Waals surface area contributed by atoms with Crippen molar-refractivity contribution in [2.75, 3.05) is 19.8 Å². The zero-order valence-electron chi connectivity index (χ0n) is 20.4. The molecule has 188 valence electrons. The third-order valence-electron chi connectivity index (χ3n) is 8.21. The van der Waals surface area contributed by atoms with Crippen LogP contribution < -0.4 is 5.32 Å². The first kappa shape index (κ1) is 24.1. The minimum Gasteiger partial charge on any atom is -0.461 e. The summed E-state index contributed by atoms with van der Waals surface area (Å²) in [6.07, 6.45) is 6.70. The molecule has 2 saturated carbocycles. The molecule has 1 amide bonds. The van der Waals surface area contributed by atoms with Crippen LogP contribution in [0, 0.1) is 11.3 Å². The molecule has 0 aromatic heterocycles. The van der Waals surface area contributed by atoms with E-state index in [0.29, 0.717) is 31.2 Å². The maximum Gasteiger partial charge on any atom is 0.302 e. The number of azide groups is 1. The van der Waals surface area contributed by atoms with E-state index >= 15 is 0 Å². The van der Waals surface area contributed by atoms with Crippen molar-refractivity contribution < 1.29 is 19.1 Å². The first-order valence-corrected chi connectivity index (χ1v) is 13.0. The Kier molecular flexibility index (Phi) is 7.00. The minimum atomic E-state index is -0.699. The van der Waals surface area contributed by atoms with Crippen molar-refractivity contribution in [3.63, 3.8) is 0 Å². The van der Waals surface area contributed by atoms with Crippen LogP contribution in [0.15, 0.2) is 23.3 Å². The van der Waals surface area contributed by atoms with Crippen LogP contribution in [0.3, 0.4) is 0 Å². The van der Waals surface area contributed by atoms with E-state index in [-0.39, 0.29) is 29.9 Å². The smallest absolute Gasteiger partial charge is 0.302 e. The Morgan fingerprint density at radius 2 is 2.00 bits per heavy atom. The second-order valence-corrected chi connectivity index (χ2v) is 10.6. The van der Waals surface area contributed by atoms with E-state index in [9.17, 15) is 9.59 Å². The number of hydrogen-bond donors (Lipinski definition) is 1. The molecular weight excluding hydrogens is 446 g/mol. The lowest BCUT2D eigenvalue weighted by Gasteiger charge is -2.41. The number of carbonyl (C=O) groups excluding carboxylic acids is 2. The molecule has 35 heavy (non-hydrogen) atoms. The summed E-state index contributed by atoms with van der Waals surface area (Å²) < 4.78 is 11.5. The predicted molar refractivity (Wildman–Crippen MR) is 130 cm³/mol. The number of carbonyl (C=O) groups is 2. The summed E-state index contributed by atoms with van der Waals surface area (Å²) in [4.78, 5) is 31.3. The van der Waals surface area contributed by atoms with Crippen LogP contribution in [-0.4, -0.2) is 54.7 Å². The monoisotopic (exact) mass is 481 g/mol. The molecule has 0 spiro atoms. The van der Waals surface area contributed by atoms with Gasteiger partial charge in [-0.1, -0.05) is 17.2 Å². The number of rotatable bonds is 7. The summed E-state index contributed by atoms with van der Waals surface area (Å²) in [5.74, 6) is 0.0583. The highest BCUT2D eigenvalue weighted by molar-refractivity contribution is 5.85. The molecule has 2 heterocycles. The van der Waals surface area contributed by atoms with Gasteiger partial charge in [0.2, 0.25) is 5.91 Å². The number of nitrogens with one attached hydrogen (secondary N) is 1. The largest absolute Gasteiger partial charge is 0.461 e. The van der Waals surface area contributed by atoms with Gasteiger partial charge in [0.05, 0.1) is 5.41 Å². The number of hydrogen-bond acceptors (Lipinski definition) is 6. The van der Waals surface area contributed by atoms with Crippen molar-refractivity contribution in [1.29, 1.82) is 0 Å². The van der Waals surface area contributed by atoms with Gasteiger partial charge in [-0.15, -0.1) is 0 Å². The van der Waals surface area contributed by atoms with Crippen LogP contribution in [0.4, 0.5) is 5.69 Å². The molecule has 3 atom stereocenters. The van der Waals surface area contributed by atoms with E-state index < -0.39 is 5.41 Å². The lowest BCUT2D eigenvalue weighted by molar-refractivity contribution is -0.166. The summed E-state index contributed by atoms with van der Waals surface area (Å²) in [5.41, 5.74) is 10.9. The SMILES string of the molecule is CC(=O)OC(C1CC1)[C@]1(C(=O)N2CCc3ccc(N=[N+]=[N-])cc3C2)CC[C@@H](NC2CCOCC2)C1. The highest BCUT2D eigenvalue weighted by atomic mass is 16.5. The van der Waals surface area contributed by atoms with Crippen LogP contribution in [0.2, 0.25) is 0 Å². The molecule has 1 aromatic rings. The van der Waals surface area contributed by atoms with Crippen LogP contribution in [0.25, 0.3) is 10.4 Å². The van der Waals surface area contributed by atoms with Gasteiger partial charge in [-0.25, -0.2) is 0 Å². The molecule has 5 rings (SSSR count). The van der Waals surface area contributed by atoms with Gasteiger partial charge in [0.15, 0.2) is 0 Å². The Labute approximate surface area is 206 Å². The number of benzene rings is 1. The third-order valence-corrected chi connectivity index (χ3v) is 8.21. The van der Waals surface area contributed by atoms with Gasteiger partial charge in [0.25, 0.3) is 0 Å². The van der Waals surface area contributed by atoms with Crippen molar-refractivity contribution >= 4 is 17.6 Å². The minimum absolute atomic E-state index is 0.103. The molecule has 1 aromatic carbocycles. The van der Waals surface area contributed by atoms with Gasteiger partial charge >= 0.3 is 5.97 Å². The van der Waals surface area contributed by atoms with Gasteiger partial charge in [0, 0.05) is 55.9 Å². The van der Waals surface area contributed by atoms with E-state index in [4.69, 9.17) is 15.0 Å². The molecule has 3 fully saturated rings. The summed E-state index contributed by atoms with van der Waals surface area (Å²) in [6.45, 7) is 4.13. The third kappa shape index (κ3) is 5.17.